The van der Waals surface area contributed by atoms with Crippen molar-refractivity contribution in [3.05, 3.63) is 59.9 Å². The Morgan fingerprint density at radius 1 is 0.977 bits per heavy atom. The van der Waals surface area contributed by atoms with Crippen LogP contribution in [0.2, 0.25) is 16.6 Å². The van der Waals surface area contributed by atoms with E-state index in [9.17, 15) is 18.0 Å². The lowest BCUT2D eigenvalue weighted by atomic mass is 9.75. The number of allylic oxidation sites excluding steroid dienone is 1. The van der Waals surface area contributed by atoms with E-state index in [1.807, 2.05) is 19.1 Å². The summed E-state index contributed by atoms with van der Waals surface area (Å²) in [5.74, 6) is -0.286. The number of anilines is 1. The maximum absolute atomic E-state index is 14.6. The SMILES string of the molecule is COc1ccc(S(=O)(=O)N2c3ccccc3C3=C(O[Si](C(C)C)(C(C)C)C(C)C)C[C@@H](C)[C@H](C(=O)N4CCOC4=O)[C@H]32)cc1. The molecule has 9 nitrogen and oxygen atoms in total. The first kappa shape index (κ1) is 32.1. The number of rotatable bonds is 9. The van der Waals surface area contributed by atoms with Gasteiger partial charge in [0.15, 0.2) is 0 Å². The van der Waals surface area contributed by atoms with Crippen molar-refractivity contribution in [3.63, 3.8) is 0 Å². The van der Waals surface area contributed by atoms with Crippen LogP contribution in [0.25, 0.3) is 5.57 Å². The number of benzene rings is 2. The quantitative estimate of drug-likeness (QED) is 0.278. The minimum absolute atomic E-state index is 0.0806. The fourth-order valence-electron chi connectivity index (χ4n) is 7.76. The summed E-state index contributed by atoms with van der Waals surface area (Å²) in [5.41, 5.74) is 2.82. The number of sulfonamides is 1. The largest absolute Gasteiger partial charge is 0.545 e. The molecule has 0 unspecified atom stereocenters. The van der Waals surface area contributed by atoms with E-state index >= 15 is 0 Å². The van der Waals surface area contributed by atoms with Crippen LogP contribution in [0.5, 0.6) is 5.75 Å². The molecule has 2 heterocycles. The van der Waals surface area contributed by atoms with E-state index in [1.165, 1.54) is 23.5 Å². The highest BCUT2D eigenvalue weighted by Gasteiger charge is 2.56. The topological polar surface area (TPSA) is 102 Å². The zero-order valence-corrected chi connectivity index (χ0v) is 28.7. The van der Waals surface area contributed by atoms with E-state index < -0.39 is 42.3 Å². The van der Waals surface area contributed by atoms with Crippen LogP contribution in [0.4, 0.5) is 10.5 Å². The first-order chi connectivity index (χ1) is 20.8. The summed E-state index contributed by atoms with van der Waals surface area (Å²) in [7, 11) is -5.12. The Morgan fingerprint density at radius 3 is 2.14 bits per heavy atom. The Labute approximate surface area is 262 Å². The van der Waals surface area contributed by atoms with Crippen LogP contribution in [0, 0.1) is 11.8 Å². The van der Waals surface area contributed by atoms with Crippen molar-refractivity contribution in [2.75, 3.05) is 24.6 Å². The predicted octanol–water partition coefficient (Wildman–Crippen LogP) is 6.81. The summed E-state index contributed by atoms with van der Waals surface area (Å²) >= 11 is 0. The summed E-state index contributed by atoms with van der Waals surface area (Å²) in [6.45, 7) is 15.5. The van der Waals surface area contributed by atoms with Crippen LogP contribution in [0.15, 0.2) is 59.2 Å². The maximum Gasteiger partial charge on any atom is 0.416 e. The zero-order valence-electron chi connectivity index (χ0n) is 26.9. The van der Waals surface area contributed by atoms with Crippen LogP contribution in [-0.2, 0) is 24.0 Å². The molecule has 0 spiro atoms. The molecule has 0 N–H and O–H groups in total. The van der Waals surface area contributed by atoms with Gasteiger partial charge in [0.2, 0.25) is 5.91 Å². The monoisotopic (exact) mass is 640 g/mol. The predicted molar refractivity (Wildman–Crippen MR) is 172 cm³/mol. The number of imide groups is 1. The van der Waals surface area contributed by atoms with Crippen molar-refractivity contribution in [2.45, 2.75) is 82.4 Å². The second-order valence-electron chi connectivity index (χ2n) is 13.0. The van der Waals surface area contributed by atoms with Crippen molar-refractivity contribution in [3.8, 4) is 5.75 Å². The summed E-state index contributed by atoms with van der Waals surface area (Å²) in [6.07, 6.45) is -0.239. The molecule has 1 fully saturated rings. The lowest BCUT2D eigenvalue weighted by Crippen LogP contribution is -2.54. The Hall–Kier alpha value is -3.31. The van der Waals surface area contributed by atoms with Gasteiger partial charge in [-0.1, -0.05) is 66.7 Å². The number of nitrogens with zero attached hydrogens (tertiary/aromatic N) is 2. The fourth-order valence-corrected chi connectivity index (χ4v) is 14.7. The molecule has 2 aromatic carbocycles. The van der Waals surface area contributed by atoms with E-state index in [1.54, 1.807) is 24.3 Å². The number of fused-ring (bicyclic) bond motifs is 3. The van der Waals surface area contributed by atoms with E-state index in [0.29, 0.717) is 34.5 Å². The first-order valence-electron chi connectivity index (χ1n) is 15.4. The third-order valence-electron chi connectivity index (χ3n) is 9.68. The van der Waals surface area contributed by atoms with Crippen LogP contribution in [0.3, 0.4) is 0 Å². The standard InChI is InChI=1S/C33H44N2O7SSi/c1-20(2)44(21(3)4,22(5)6)42-28-19-23(7)29(32(36)34-17-18-41-33(34)37)31-30(28)26-11-9-10-12-27(26)35(31)43(38,39)25-15-13-24(40-8)14-16-25/h9-16,20-23,29,31H,17-19H2,1-8H3/t23-,29+,31-/m1/s1. The second-order valence-corrected chi connectivity index (χ2v) is 20.2. The van der Waals surface area contributed by atoms with Crippen molar-refractivity contribution in [2.24, 2.45) is 11.8 Å². The lowest BCUT2D eigenvalue weighted by molar-refractivity contribution is -0.134. The highest BCUT2D eigenvalue weighted by Crippen LogP contribution is 2.55. The van der Waals surface area contributed by atoms with E-state index in [0.717, 1.165) is 21.8 Å². The van der Waals surface area contributed by atoms with Gasteiger partial charge in [-0.05, 0) is 52.9 Å². The Balaban J connectivity index is 1.77. The molecule has 44 heavy (non-hydrogen) atoms. The van der Waals surface area contributed by atoms with E-state index in [4.69, 9.17) is 13.9 Å². The maximum atomic E-state index is 14.6. The molecular formula is C33H44N2O7SSi. The number of cyclic esters (lactones) is 1. The Morgan fingerprint density at radius 2 is 1.59 bits per heavy atom. The molecule has 2 amide bonds. The molecule has 3 atom stereocenters. The first-order valence-corrected chi connectivity index (χ1v) is 19.0. The van der Waals surface area contributed by atoms with Crippen molar-refractivity contribution in [1.82, 2.24) is 4.90 Å². The van der Waals surface area contributed by atoms with E-state index in [-0.39, 0.29) is 24.0 Å². The van der Waals surface area contributed by atoms with Gasteiger partial charge in [0.05, 0.1) is 42.0 Å². The van der Waals surface area contributed by atoms with Gasteiger partial charge < -0.3 is 13.9 Å². The van der Waals surface area contributed by atoms with Gasteiger partial charge in [-0.2, -0.15) is 0 Å². The van der Waals surface area contributed by atoms with Gasteiger partial charge in [0, 0.05) is 17.6 Å². The molecule has 11 heteroatoms. The molecule has 2 aliphatic heterocycles. The minimum atomic E-state index is -4.18. The lowest BCUT2D eigenvalue weighted by Gasteiger charge is -2.46. The van der Waals surface area contributed by atoms with Gasteiger partial charge in [0.25, 0.3) is 18.3 Å². The number of amides is 2. The third-order valence-corrected chi connectivity index (χ3v) is 17.5. The van der Waals surface area contributed by atoms with Crippen molar-refractivity contribution < 1.29 is 31.9 Å². The summed E-state index contributed by atoms with van der Waals surface area (Å²) < 4.78 is 48.4. The van der Waals surface area contributed by atoms with Crippen molar-refractivity contribution in [1.29, 1.82) is 0 Å². The molecule has 0 radical (unpaired) electrons. The molecule has 0 bridgehead atoms. The second kappa shape index (κ2) is 11.9. The normalized spacial score (nSPS) is 22.1. The molecule has 3 aliphatic rings. The number of carbonyl (C=O) groups is 2. The summed E-state index contributed by atoms with van der Waals surface area (Å²) in [6, 6.07) is 12.7. The molecule has 2 aromatic rings. The van der Waals surface area contributed by atoms with Crippen LogP contribution in [-0.4, -0.2) is 59.9 Å². The van der Waals surface area contributed by atoms with Crippen LogP contribution >= 0.6 is 0 Å². The van der Waals surface area contributed by atoms with Gasteiger partial charge in [0.1, 0.15) is 12.4 Å². The average Bonchev–Trinajstić information content (AvgIpc) is 3.56. The highest BCUT2D eigenvalue weighted by atomic mass is 32.2. The Bertz CT molecular complexity index is 1550. The van der Waals surface area contributed by atoms with Gasteiger partial charge >= 0.3 is 6.09 Å². The molecule has 1 aliphatic carbocycles. The minimum Gasteiger partial charge on any atom is -0.545 e. The summed E-state index contributed by atoms with van der Waals surface area (Å²) in [5, 5.41) is 0. The van der Waals surface area contributed by atoms with Gasteiger partial charge in [-0.3, -0.25) is 9.10 Å². The number of hydrogen-bond donors (Lipinski definition) is 0. The van der Waals surface area contributed by atoms with Crippen molar-refractivity contribution >= 4 is 41.6 Å². The third kappa shape index (κ3) is 5.01. The summed E-state index contributed by atoms with van der Waals surface area (Å²) in [4.78, 5) is 28.1. The molecule has 5 rings (SSSR count). The molecule has 0 aromatic heterocycles. The Kier molecular flexibility index (Phi) is 8.67. The van der Waals surface area contributed by atoms with Gasteiger partial charge in [-0.25, -0.2) is 18.1 Å². The fraction of sp³-hybridized carbons (Fsp3) is 0.515. The number of carbonyl (C=O) groups excluding carboxylic acids is 2. The highest BCUT2D eigenvalue weighted by molar-refractivity contribution is 7.93. The van der Waals surface area contributed by atoms with Gasteiger partial charge in [-0.15, -0.1) is 0 Å². The molecule has 0 saturated carbocycles. The van der Waals surface area contributed by atoms with Crippen LogP contribution in [0.1, 0.15) is 60.5 Å². The average molecular weight is 641 g/mol. The molecular weight excluding hydrogens is 597 g/mol. The van der Waals surface area contributed by atoms with E-state index in [2.05, 4.69) is 41.5 Å². The number of hydrogen-bond acceptors (Lipinski definition) is 7. The smallest absolute Gasteiger partial charge is 0.416 e. The van der Waals surface area contributed by atoms with Crippen LogP contribution < -0.4 is 9.04 Å². The zero-order chi connectivity index (χ0) is 32.1. The molecule has 1 saturated heterocycles. The molecule has 238 valence electrons. The number of methoxy groups -OCH3 is 1. The number of ether oxygens (including phenoxy) is 2. The number of para-hydroxylation sites is 1.